The maximum atomic E-state index is 13.8. The van der Waals surface area contributed by atoms with Crippen LogP contribution >= 0.6 is 0 Å². The summed E-state index contributed by atoms with van der Waals surface area (Å²) in [5.74, 6) is -2.06. The fourth-order valence-corrected chi connectivity index (χ4v) is 7.68. The zero-order valence-corrected chi connectivity index (χ0v) is 30.9. The number of benzene rings is 4. The van der Waals surface area contributed by atoms with E-state index in [2.05, 4.69) is 15.6 Å². The van der Waals surface area contributed by atoms with Crippen molar-refractivity contribution in [3.8, 4) is 46.3 Å². The molecule has 16 heteroatoms. The van der Waals surface area contributed by atoms with Gasteiger partial charge in [0.1, 0.15) is 0 Å². The van der Waals surface area contributed by atoms with Gasteiger partial charge in [-0.05, 0) is 18.2 Å². The molecule has 0 bridgehead atoms. The predicted octanol–water partition coefficient (Wildman–Crippen LogP) is 4.98. The number of nitrogens with one attached hydrogen (secondary N) is 1. The molecule has 4 aromatic carbocycles. The van der Waals surface area contributed by atoms with Crippen LogP contribution in [0.1, 0.15) is 59.2 Å². The number of anilines is 1. The third-order valence-electron chi connectivity index (χ3n) is 8.42. The second-order valence-corrected chi connectivity index (χ2v) is 14.7. The van der Waals surface area contributed by atoms with Crippen molar-refractivity contribution in [3.05, 3.63) is 131 Å². The average Bonchev–Trinajstić information content (AvgIpc) is 4.02. The second kappa shape index (κ2) is 16.4. The van der Waals surface area contributed by atoms with E-state index in [0.29, 0.717) is 34.6 Å². The van der Waals surface area contributed by atoms with Crippen LogP contribution in [0.2, 0.25) is 0 Å². The van der Waals surface area contributed by atoms with Gasteiger partial charge in [0, 0.05) is 0 Å². The van der Waals surface area contributed by atoms with E-state index >= 15 is 0 Å². The summed E-state index contributed by atoms with van der Waals surface area (Å²) in [5.41, 5.74) is 0.609. The number of carbonyl (C=O) groups excluding carboxylic acids is 3. The quantitative estimate of drug-likeness (QED) is 0.0944. The van der Waals surface area contributed by atoms with Gasteiger partial charge in [-0.2, -0.15) is 5.26 Å². The number of carboxylic acids is 1. The van der Waals surface area contributed by atoms with Crippen LogP contribution in [0.3, 0.4) is 0 Å². The Bertz CT molecular complexity index is 2600. The van der Waals surface area contributed by atoms with Gasteiger partial charge < -0.3 is 5.11 Å². The largest absolute Gasteiger partial charge is 0.478 e. The van der Waals surface area contributed by atoms with Crippen molar-refractivity contribution in [2.75, 3.05) is 18.5 Å². The molecule has 1 amide bonds. The van der Waals surface area contributed by atoms with Crippen LogP contribution in [0.15, 0.2) is 106 Å². The molecule has 15 nitrogen and oxygen atoms in total. The Morgan fingerprint density at radius 1 is 0.786 bits per heavy atom. The van der Waals surface area contributed by atoms with Crippen molar-refractivity contribution < 1.29 is 47.5 Å². The summed E-state index contributed by atoms with van der Waals surface area (Å²) in [5, 5.41) is 38.6. The summed E-state index contributed by atoms with van der Waals surface area (Å²) < 4.78 is 28.3. The number of hydrogen-bond donors (Lipinski definition) is 2. The van der Waals surface area contributed by atoms with Crippen LogP contribution in [0.5, 0.6) is 11.5 Å². The number of hydrogen-bond acceptors (Lipinski definition) is 13. The standard InChI is InChI=1S/C40H26AsN5O10/c42-19-22-9-11-29(41-37(47)31-17-35(55-45-31)25-5-1-3-7-33(25)53-24-13-14-52-21-24)27(15-22)40(51)54-34-8-4-2-6-26(34)36-18-32(46-56-36)38(48)44-30-12-10-23(20-43)16-28(30)39(49)50/h1-12,15-18,24,41H,13-14,21H2,(H,44,48)(H,49,50). The number of aromatic nitrogens is 2. The maximum Gasteiger partial charge on any atom is 0.337 e. The van der Waals surface area contributed by atoms with Crippen molar-refractivity contribution in [3.63, 3.8) is 0 Å². The summed E-state index contributed by atoms with van der Waals surface area (Å²) in [6.07, 6.45) is 0.644. The monoisotopic (exact) mass is 811 g/mol. The van der Waals surface area contributed by atoms with E-state index in [9.17, 15) is 29.5 Å². The molecule has 1 fully saturated rings. The molecular weight excluding hydrogens is 785 g/mol. The van der Waals surface area contributed by atoms with Crippen molar-refractivity contribution in [1.82, 2.24) is 10.3 Å². The number of ether oxygens (including phenoxy) is 3. The summed E-state index contributed by atoms with van der Waals surface area (Å²) in [6, 6.07) is 28.3. The van der Waals surface area contributed by atoms with E-state index < -0.39 is 33.6 Å². The fraction of sp³-hybridized carbons (Fsp3) is 0.100. The van der Waals surface area contributed by atoms with Gasteiger partial charge in [0.25, 0.3) is 0 Å². The first-order valence-electron chi connectivity index (χ1n) is 16.7. The topological polar surface area (TPSA) is 228 Å². The zero-order chi connectivity index (χ0) is 39.2. The summed E-state index contributed by atoms with van der Waals surface area (Å²) in [7, 11) is 0. The predicted molar refractivity (Wildman–Crippen MR) is 197 cm³/mol. The Labute approximate surface area is 323 Å². The summed E-state index contributed by atoms with van der Waals surface area (Å²) in [4.78, 5) is 52.1. The van der Waals surface area contributed by atoms with E-state index in [-0.39, 0.29) is 67.1 Å². The third kappa shape index (κ3) is 8.10. The van der Waals surface area contributed by atoms with Gasteiger partial charge in [0.15, 0.2) is 0 Å². The molecule has 2 unspecified atom stereocenters. The van der Waals surface area contributed by atoms with Gasteiger partial charge in [-0.1, -0.05) is 0 Å². The Kier molecular flexibility index (Phi) is 10.8. The maximum absolute atomic E-state index is 13.8. The van der Waals surface area contributed by atoms with E-state index in [4.69, 9.17) is 28.5 Å². The van der Waals surface area contributed by atoms with Crippen LogP contribution < -0.4 is 19.1 Å². The van der Waals surface area contributed by atoms with Crippen molar-refractivity contribution in [2.24, 2.45) is 0 Å². The van der Waals surface area contributed by atoms with Crippen molar-refractivity contribution in [2.45, 2.75) is 12.5 Å². The normalized spacial score (nSPS) is 13.5. The summed E-state index contributed by atoms with van der Waals surface area (Å²) in [6.45, 7) is 1.08. The molecule has 2 atom stereocenters. The Morgan fingerprint density at radius 2 is 1.41 bits per heavy atom. The van der Waals surface area contributed by atoms with E-state index in [1.807, 2.05) is 24.3 Å². The van der Waals surface area contributed by atoms with Crippen LogP contribution in [-0.2, 0) is 4.74 Å². The molecular formula is C40H26AsN5O10. The van der Waals surface area contributed by atoms with Crippen molar-refractivity contribution in [1.29, 1.82) is 10.5 Å². The molecule has 1 aliphatic heterocycles. The Balaban J connectivity index is 1.09. The average molecular weight is 812 g/mol. The number of para-hydroxylation sites is 2. The molecule has 3 heterocycles. The molecule has 2 N–H and O–H groups in total. The van der Waals surface area contributed by atoms with Crippen LogP contribution in [0.4, 0.5) is 5.69 Å². The molecule has 1 saturated heterocycles. The second-order valence-electron chi connectivity index (χ2n) is 12.1. The van der Waals surface area contributed by atoms with Crippen LogP contribution in [-0.4, -0.2) is 72.9 Å². The van der Waals surface area contributed by atoms with E-state index in [0.717, 1.165) is 12.5 Å². The van der Waals surface area contributed by atoms with Gasteiger partial charge >= 0.3 is 274 Å². The minimum Gasteiger partial charge on any atom is -0.478 e. The molecule has 0 aliphatic carbocycles. The third-order valence-corrected chi connectivity index (χ3v) is 10.9. The number of rotatable bonds is 12. The van der Waals surface area contributed by atoms with Gasteiger partial charge in [0.2, 0.25) is 0 Å². The first kappa shape index (κ1) is 37.0. The number of amides is 1. The van der Waals surface area contributed by atoms with Gasteiger partial charge in [0.05, 0.1) is 17.2 Å². The number of carbonyl (C=O) groups is 4. The first-order chi connectivity index (χ1) is 27.2. The zero-order valence-electron chi connectivity index (χ0n) is 28.8. The van der Waals surface area contributed by atoms with Gasteiger partial charge in [-0.25, -0.2) is 4.79 Å². The summed E-state index contributed by atoms with van der Waals surface area (Å²) >= 11 is -1.75. The smallest absolute Gasteiger partial charge is 0.337 e. The molecule has 1 aliphatic rings. The van der Waals surface area contributed by atoms with Gasteiger partial charge in [-0.3, -0.25) is 0 Å². The molecule has 0 spiro atoms. The molecule has 0 saturated carbocycles. The van der Waals surface area contributed by atoms with E-state index in [1.165, 1.54) is 48.5 Å². The van der Waals surface area contributed by atoms with Crippen LogP contribution in [0, 0.1) is 22.7 Å². The minimum atomic E-state index is -1.75. The number of esters is 1. The number of nitriles is 2. The van der Waals surface area contributed by atoms with Crippen LogP contribution in [0.25, 0.3) is 22.6 Å². The molecule has 7 rings (SSSR count). The SMILES string of the molecule is N#Cc1ccc(NC(=O)c2cc(-c3ccccc3OC(=O)c3cc(C#N)ccc3[AsH]C(=O)c3cc(-c4ccccc4OC4CCOC4)on3)on2)c(C(=O)O)c1. The number of carboxylic acid groups (broad SMARTS) is 1. The number of aromatic carboxylic acids is 1. The van der Waals surface area contributed by atoms with Gasteiger partial charge in [-0.15, -0.1) is 0 Å². The number of nitrogens with zero attached hydrogens (tertiary/aromatic N) is 4. The molecule has 2 aromatic heterocycles. The Morgan fingerprint density at radius 3 is 2.09 bits per heavy atom. The molecule has 56 heavy (non-hydrogen) atoms. The first-order valence-corrected chi connectivity index (χ1v) is 18.8. The van der Waals surface area contributed by atoms with E-state index in [1.54, 1.807) is 30.3 Å². The molecule has 0 radical (unpaired) electrons. The molecule has 6 aromatic rings. The Hall–Kier alpha value is -7.32. The minimum absolute atomic E-state index is 0.00253. The van der Waals surface area contributed by atoms with Crippen molar-refractivity contribution >= 4 is 48.2 Å². The molecule has 276 valence electrons. The fourth-order valence-electron chi connectivity index (χ4n) is 5.65.